The summed E-state index contributed by atoms with van der Waals surface area (Å²) in [6.07, 6.45) is 0.517. The van der Waals surface area contributed by atoms with Crippen LogP contribution in [0.25, 0.3) is 0 Å². The number of aromatic hydroxyl groups is 1. The third kappa shape index (κ3) is 38.7. The lowest BCUT2D eigenvalue weighted by Gasteiger charge is -2.30. The lowest BCUT2D eigenvalue weighted by Crippen LogP contribution is -2.61. The van der Waals surface area contributed by atoms with Crippen molar-refractivity contribution in [2.45, 2.75) is 252 Å². The number of aliphatic hydroxyl groups excluding tert-OH is 2. The van der Waals surface area contributed by atoms with E-state index in [0.717, 1.165) is 6.92 Å². The second-order valence-corrected chi connectivity index (χ2v) is 31.2. The minimum Gasteiger partial charge on any atom is -0.508 e. The van der Waals surface area contributed by atoms with Gasteiger partial charge in [0.15, 0.2) is 6.04 Å². The number of amides is 16. The summed E-state index contributed by atoms with van der Waals surface area (Å²) in [6, 6.07) is -12.6. The number of aliphatic hydroxyl groups is 2. The van der Waals surface area contributed by atoms with E-state index in [2.05, 4.69) is 97.7 Å². The average Bonchev–Trinajstić information content (AvgIpc) is 0.883. The molecule has 40 nitrogen and oxygen atoms in total. The standard InChI is InChI=1S/C75H129N19O21S/c1-36(2)28-50(69(108)94-61(44(15)96)75(114)115)86-63(102)43(14)83-70(109)52(34-95)88-66(105)48(20-16-18-26-76)84-55(99)32-81-71(110)57(38(5)6)90-56(100)33-79-65(104)53(35-116)89-62(101)42(13)82-54(98)31-80-72(111)58(39(7)8)92-74(113)60(41(11)12)93-73(112)59(40(9)10)91-68(107)51(29-37(3)4)87-67(106)49(21-17-19-27-77)85-64(103)47(78)30-45-22-24-46(97)25-23-45/h22-25,36-44,47-53,57-61,95-97,116H,16-21,26-35,76-78H2,1-15H3,(H,79,104)(H,80,111)(H,81,110)(H,82,98)(H,83,109)(H,84,99)(H,85,103)(H,86,102)(H,87,106)(H,88,105)(H,89,101)(H,90,100)(H,91,107)(H,92,113)(H,93,112)(H,94,108)(H,114,115)/t42-,43-,44+,47-,48-,49-,50-,51-,52-,53-,57-,58-,59-,60-,61-/m0/s1. The fourth-order valence-electron chi connectivity index (χ4n) is 11.3. The number of phenols is 1. The van der Waals surface area contributed by atoms with Crippen molar-refractivity contribution in [2.75, 3.05) is 45.1 Å². The van der Waals surface area contributed by atoms with Crippen molar-refractivity contribution >= 4 is 113 Å². The lowest BCUT2D eigenvalue weighted by atomic mass is 9.97. The van der Waals surface area contributed by atoms with E-state index in [0.29, 0.717) is 31.4 Å². The van der Waals surface area contributed by atoms with Crippen molar-refractivity contribution in [3.05, 3.63) is 29.8 Å². The number of carboxylic acids is 1. The summed E-state index contributed by atoms with van der Waals surface area (Å²) < 4.78 is 0. The normalized spacial score (nSPS) is 15.2. The quantitative estimate of drug-likeness (QED) is 0.0213. The number of hydrogen-bond donors (Lipinski definition) is 24. The first kappa shape index (κ1) is 104. The Morgan fingerprint density at radius 2 is 0.707 bits per heavy atom. The number of unbranched alkanes of at least 4 members (excludes halogenated alkanes) is 2. The molecule has 0 unspecified atom stereocenters. The van der Waals surface area contributed by atoms with E-state index in [1.54, 1.807) is 81.4 Å². The zero-order valence-electron chi connectivity index (χ0n) is 69.2. The van der Waals surface area contributed by atoms with Crippen LogP contribution in [-0.2, 0) is 87.9 Å². The molecule has 16 amide bonds. The van der Waals surface area contributed by atoms with Crippen LogP contribution in [0.4, 0.5) is 0 Å². The van der Waals surface area contributed by atoms with Gasteiger partial charge in [0.2, 0.25) is 94.5 Å². The first-order chi connectivity index (χ1) is 54.2. The minimum atomic E-state index is -1.70. The molecule has 0 aliphatic rings. The van der Waals surface area contributed by atoms with Gasteiger partial charge < -0.3 is 123 Å². The van der Waals surface area contributed by atoms with Crippen molar-refractivity contribution in [1.29, 1.82) is 0 Å². The van der Waals surface area contributed by atoms with Crippen LogP contribution in [0.5, 0.6) is 5.75 Å². The number of carboxylic acid groups (broad SMARTS) is 1. The fourth-order valence-corrected chi connectivity index (χ4v) is 11.5. The van der Waals surface area contributed by atoms with Gasteiger partial charge in [0, 0.05) is 5.75 Å². The molecular formula is C75H129N19O21S. The van der Waals surface area contributed by atoms with E-state index in [-0.39, 0.29) is 68.4 Å². The highest BCUT2D eigenvalue weighted by atomic mass is 32.1. The molecule has 1 rings (SSSR count). The average molecular weight is 1670 g/mol. The second-order valence-electron chi connectivity index (χ2n) is 30.8. The fraction of sp³-hybridized carbons (Fsp3) is 0.693. The maximum absolute atomic E-state index is 14.2. The Morgan fingerprint density at radius 3 is 1.11 bits per heavy atom. The number of aliphatic carboxylic acids is 1. The Morgan fingerprint density at radius 1 is 0.371 bits per heavy atom. The van der Waals surface area contributed by atoms with Gasteiger partial charge in [-0.15, -0.1) is 0 Å². The third-order valence-corrected chi connectivity index (χ3v) is 18.4. The lowest BCUT2D eigenvalue weighted by molar-refractivity contribution is -0.145. The number of thiol groups is 1. The Kier molecular flexibility index (Phi) is 48.0. The van der Waals surface area contributed by atoms with E-state index in [1.807, 2.05) is 13.8 Å². The third-order valence-electron chi connectivity index (χ3n) is 18.1. The number of rotatable bonds is 54. The van der Waals surface area contributed by atoms with Crippen molar-refractivity contribution in [3.8, 4) is 5.75 Å². The highest BCUT2D eigenvalue weighted by Crippen LogP contribution is 2.16. The molecule has 1 aromatic rings. The van der Waals surface area contributed by atoms with Crippen molar-refractivity contribution in [3.63, 3.8) is 0 Å². The number of benzene rings is 1. The SMILES string of the molecule is CC(C)C[C@H](NC(=O)[C@H](C)NC(=O)[C@H](CO)NC(=O)[C@H](CCCCN)NC(=O)CNC(=O)[C@@H](NC(=O)CNC(=O)[C@H](CS)NC(=O)[C@H](C)NC(=O)CNC(=O)[C@@H](NC(=O)[C@@H](NC(=O)[C@@H](NC(=O)[C@H](CC(C)C)NC(=O)[C@H](CCCCN)NC(=O)[C@@H](N)Cc1ccc(O)cc1)C(C)C)C(C)C)C(C)C)C(C)C)C(=O)N[C@H](C(=O)O)[C@@H](C)O. The molecule has 0 fully saturated rings. The van der Waals surface area contributed by atoms with Crippen LogP contribution in [0.2, 0.25) is 0 Å². The van der Waals surface area contributed by atoms with E-state index in [4.69, 9.17) is 17.2 Å². The van der Waals surface area contributed by atoms with Crippen molar-refractivity contribution in [2.24, 2.45) is 52.7 Å². The van der Waals surface area contributed by atoms with Gasteiger partial charge in [-0.25, -0.2) is 4.79 Å². The van der Waals surface area contributed by atoms with Gasteiger partial charge in [0.05, 0.1) is 38.4 Å². The summed E-state index contributed by atoms with van der Waals surface area (Å²) in [6.45, 7) is 21.0. The number of nitrogens with one attached hydrogen (secondary N) is 16. The van der Waals surface area contributed by atoms with Crippen LogP contribution in [0.3, 0.4) is 0 Å². The Balaban J connectivity index is 2.99. The number of nitrogens with two attached hydrogens (primary N) is 3. The molecule has 0 heterocycles. The van der Waals surface area contributed by atoms with Gasteiger partial charge in [0.1, 0.15) is 78.3 Å². The number of carbonyl (C=O) groups is 17. The minimum absolute atomic E-state index is 0.0249. The largest absolute Gasteiger partial charge is 0.508 e. The van der Waals surface area contributed by atoms with Crippen LogP contribution in [0, 0.1) is 35.5 Å². The summed E-state index contributed by atoms with van der Waals surface area (Å²) in [4.78, 5) is 228. The molecule has 0 saturated carbocycles. The first-order valence-corrected chi connectivity index (χ1v) is 39.7. The molecule has 0 aliphatic carbocycles. The van der Waals surface area contributed by atoms with E-state index >= 15 is 0 Å². The highest BCUT2D eigenvalue weighted by molar-refractivity contribution is 7.80. The highest BCUT2D eigenvalue weighted by Gasteiger charge is 2.38. The molecule has 116 heavy (non-hydrogen) atoms. The Bertz CT molecular complexity index is 3440. The summed E-state index contributed by atoms with van der Waals surface area (Å²) in [5.41, 5.74) is 18.3. The number of hydrogen-bond acceptors (Lipinski definition) is 24. The zero-order valence-corrected chi connectivity index (χ0v) is 70.1. The van der Waals surface area contributed by atoms with Gasteiger partial charge in [-0.1, -0.05) is 95.2 Å². The predicted molar refractivity (Wildman–Crippen MR) is 430 cm³/mol. The Labute approximate surface area is 683 Å². The van der Waals surface area contributed by atoms with Gasteiger partial charge in [0.25, 0.3) is 0 Å². The Hall–Kier alpha value is -9.84. The molecule has 1 aromatic carbocycles. The summed E-state index contributed by atoms with van der Waals surface area (Å²) >= 11 is 4.15. The summed E-state index contributed by atoms with van der Waals surface area (Å²) in [7, 11) is 0. The van der Waals surface area contributed by atoms with E-state index in [9.17, 15) is 102 Å². The van der Waals surface area contributed by atoms with Crippen LogP contribution in [0.15, 0.2) is 24.3 Å². The number of phenolic OH excluding ortho intramolecular Hbond substituents is 1. The maximum Gasteiger partial charge on any atom is 0.328 e. The zero-order chi connectivity index (χ0) is 88.5. The first-order valence-electron chi connectivity index (χ1n) is 39.0. The molecule has 0 bridgehead atoms. The molecule has 0 aliphatic heterocycles. The molecule has 0 spiro atoms. The predicted octanol–water partition coefficient (Wildman–Crippen LogP) is -5.69. The van der Waals surface area contributed by atoms with Gasteiger partial charge >= 0.3 is 5.97 Å². The summed E-state index contributed by atoms with van der Waals surface area (Å²) in [5, 5.41) is 78.7. The molecule has 0 saturated heterocycles. The number of carbonyl (C=O) groups excluding carboxylic acids is 16. The van der Waals surface area contributed by atoms with Crippen LogP contribution >= 0.6 is 12.6 Å². The molecule has 0 radical (unpaired) electrons. The van der Waals surface area contributed by atoms with Crippen molar-refractivity contribution in [1.82, 2.24) is 85.1 Å². The monoisotopic (exact) mass is 1660 g/mol. The van der Waals surface area contributed by atoms with Gasteiger partial charge in [-0.05, 0) is 145 Å². The van der Waals surface area contributed by atoms with Crippen LogP contribution in [0.1, 0.15) is 161 Å². The second kappa shape index (κ2) is 53.4. The van der Waals surface area contributed by atoms with E-state index < -0.39 is 241 Å². The van der Waals surface area contributed by atoms with Gasteiger partial charge in [-0.2, -0.15) is 12.6 Å². The molecule has 26 N–H and O–H groups in total. The van der Waals surface area contributed by atoms with E-state index in [1.165, 1.54) is 26.0 Å². The topological polar surface area (TPSA) is 642 Å². The summed E-state index contributed by atoms with van der Waals surface area (Å²) in [5.74, 6) is -18.2. The molecule has 41 heteroatoms. The molecular weight excluding hydrogens is 1540 g/mol. The van der Waals surface area contributed by atoms with Gasteiger partial charge in [-0.3, -0.25) is 76.7 Å². The molecule has 15 atom stereocenters. The van der Waals surface area contributed by atoms with Crippen LogP contribution in [-0.4, -0.2) is 257 Å². The maximum atomic E-state index is 14.2. The molecule has 656 valence electrons. The molecule has 0 aromatic heterocycles. The van der Waals surface area contributed by atoms with Crippen LogP contribution < -0.4 is 102 Å². The van der Waals surface area contributed by atoms with Crippen molar-refractivity contribution < 1.29 is 102 Å². The smallest absolute Gasteiger partial charge is 0.328 e.